The number of hydrogen-bond donors (Lipinski definition) is 2. The summed E-state index contributed by atoms with van der Waals surface area (Å²) in [5.74, 6) is 0.503. The van der Waals surface area contributed by atoms with E-state index in [0.717, 1.165) is 21.2 Å². The zero-order valence-corrected chi connectivity index (χ0v) is 10.2. The number of nitrogens with two attached hydrogens (primary N) is 2. The van der Waals surface area contributed by atoms with Gasteiger partial charge in [0.2, 0.25) is 0 Å². The molecule has 0 amide bonds. The fraction of sp³-hybridized carbons (Fsp3) is 0.0833. The second-order valence-electron chi connectivity index (χ2n) is 3.43. The first-order valence-corrected chi connectivity index (χ1v) is 5.71. The lowest BCUT2D eigenvalue weighted by Crippen LogP contribution is -2.05. The van der Waals surface area contributed by atoms with Crippen LogP contribution in [0.1, 0.15) is 5.56 Å². The summed E-state index contributed by atoms with van der Waals surface area (Å²) in [6.07, 6.45) is 1.70. The summed E-state index contributed by atoms with van der Waals surface area (Å²) < 4.78 is 1.05. The van der Waals surface area contributed by atoms with Crippen LogP contribution in [0, 0.1) is 0 Å². The van der Waals surface area contributed by atoms with E-state index in [0.29, 0.717) is 12.4 Å². The van der Waals surface area contributed by atoms with E-state index in [1.807, 2.05) is 30.3 Å². The van der Waals surface area contributed by atoms with Gasteiger partial charge in [0.1, 0.15) is 5.82 Å². The van der Waals surface area contributed by atoms with Crippen LogP contribution in [0.15, 0.2) is 41.0 Å². The number of hydrogen-bond acceptors (Lipinski definition) is 3. The Morgan fingerprint density at radius 2 is 1.81 bits per heavy atom. The number of benzene rings is 1. The van der Waals surface area contributed by atoms with Crippen LogP contribution in [0.25, 0.3) is 11.1 Å². The number of halogens is 1. The van der Waals surface area contributed by atoms with Crippen molar-refractivity contribution in [3.8, 4) is 11.1 Å². The molecule has 0 bridgehead atoms. The van der Waals surface area contributed by atoms with Crippen molar-refractivity contribution in [2.45, 2.75) is 6.54 Å². The number of anilines is 1. The van der Waals surface area contributed by atoms with Gasteiger partial charge in [-0.3, -0.25) is 0 Å². The highest BCUT2D eigenvalue weighted by atomic mass is 79.9. The van der Waals surface area contributed by atoms with Crippen molar-refractivity contribution in [3.63, 3.8) is 0 Å². The van der Waals surface area contributed by atoms with E-state index in [1.54, 1.807) is 6.20 Å². The van der Waals surface area contributed by atoms with Gasteiger partial charge in [-0.2, -0.15) is 0 Å². The zero-order valence-electron chi connectivity index (χ0n) is 8.65. The molecule has 1 aromatic heterocycles. The Bertz CT molecular complexity index is 494. The van der Waals surface area contributed by atoms with E-state index in [1.165, 1.54) is 0 Å². The standard InChI is InChI=1S/C12H12BrN3/c13-9-3-1-8(2-4-9)10-5-6-16-12(15)11(10)7-14/h1-6H,7,14H2,(H2,15,16). The quantitative estimate of drug-likeness (QED) is 0.887. The smallest absolute Gasteiger partial charge is 0.128 e. The average Bonchev–Trinajstić information content (AvgIpc) is 2.30. The van der Waals surface area contributed by atoms with E-state index in [2.05, 4.69) is 20.9 Å². The van der Waals surface area contributed by atoms with Crippen molar-refractivity contribution in [2.24, 2.45) is 5.73 Å². The van der Waals surface area contributed by atoms with Gasteiger partial charge in [-0.1, -0.05) is 28.1 Å². The maximum atomic E-state index is 5.80. The minimum Gasteiger partial charge on any atom is -0.383 e. The molecule has 3 nitrogen and oxygen atoms in total. The van der Waals surface area contributed by atoms with Gasteiger partial charge < -0.3 is 11.5 Å². The molecule has 0 radical (unpaired) electrons. The second kappa shape index (κ2) is 4.63. The summed E-state index contributed by atoms with van der Waals surface area (Å²) in [4.78, 5) is 4.04. The molecule has 0 fully saturated rings. The molecule has 0 saturated carbocycles. The number of pyridine rings is 1. The van der Waals surface area contributed by atoms with E-state index < -0.39 is 0 Å². The Hall–Kier alpha value is -1.39. The van der Waals surface area contributed by atoms with Gasteiger partial charge in [0.25, 0.3) is 0 Å². The third kappa shape index (κ3) is 2.08. The van der Waals surface area contributed by atoms with Gasteiger partial charge in [-0.25, -0.2) is 4.98 Å². The highest BCUT2D eigenvalue weighted by Gasteiger charge is 2.07. The first-order valence-electron chi connectivity index (χ1n) is 4.91. The summed E-state index contributed by atoms with van der Waals surface area (Å²) >= 11 is 3.41. The fourth-order valence-corrected chi connectivity index (χ4v) is 1.89. The molecular weight excluding hydrogens is 266 g/mol. The predicted molar refractivity (Wildman–Crippen MR) is 69.7 cm³/mol. The number of rotatable bonds is 2. The Morgan fingerprint density at radius 3 is 2.44 bits per heavy atom. The lowest BCUT2D eigenvalue weighted by atomic mass is 10.0. The molecule has 0 aliphatic heterocycles. The van der Waals surface area contributed by atoms with Crippen molar-refractivity contribution in [1.29, 1.82) is 0 Å². The van der Waals surface area contributed by atoms with Crippen LogP contribution >= 0.6 is 15.9 Å². The molecule has 0 saturated heterocycles. The molecule has 0 atom stereocenters. The maximum absolute atomic E-state index is 5.80. The number of nitrogens with zero attached hydrogens (tertiary/aromatic N) is 1. The van der Waals surface area contributed by atoms with Gasteiger partial charge in [0.05, 0.1) is 0 Å². The SMILES string of the molecule is NCc1c(-c2ccc(Br)cc2)ccnc1N. The Morgan fingerprint density at radius 1 is 1.12 bits per heavy atom. The van der Waals surface area contributed by atoms with Crippen molar-refractivity contribution in [2.75, 3.05) is 5.73 Å². The summed E-state index contributed by atoms with van der Waals surface area (Å²) in [6.45, 7) is 0.394. The van der Waals surface area contributed by atoms with Gasteiger partial charge in [-0.05, 0) is 29.3 Å². The third-order valence-corrected chi connectivity index (χ3v) is 2.98. The molecule has 0 spiro atoms. The maximum Gasteiger partial charge on any atom is 0.128 e. The lowest BCUT2D eigenvalue weighted by Gasteiger charge is -2.09. The monoisotopic (exact) mass is 277 g/mol. The lowest BCUT2D eigenvalue weighted by molar-refractivity contribution is 1.06. The Kier molecular flexibility index (Phi) is 3.22. The molecule has 16 heavy (non-hydrogen) atoms. The molecule has 1 heterocycles. The van der Waals surface area contributed by atoms with Crippen LogP contribution in [0.5, 0.6) is 0 Å². The highest BCUT2D eigenvalue weighted by molar-refractivity contribution is 9.10. The van der Waals surface area contributed by atoms with Crippen molar-refractivity contribution in [3.05, 3.63) is 46.6 Å². The third-order valence-electron chi connectivity index (χ3n) is 2.45. The van der Waals surface area contributed by atoms with Gasteiger partial charge in [-0.15, -0.1) is 0 Å². The van der Waals surface area contributed by atoms with Gasteiger partial charge >= 0.3 is 0 Å². The largest absolute Gasteiger partial charge is 0.383 e. The second-order valence-corrected chi connectivity index (χ2v) is 4.35. The van der Waals surface area contributed by atoms with Crippen molar-refractivity contribution >= 4 is 21.7 Å². The first-order chi connectivity index (χ1) is 7.72. The van der Waals surface area contributed by atoms with Crippen LogP contribution in [-0.2, 0) is 6.54 Å². The molecule has 2 aromatic rings. The van der Waals surface area contributed by atoms with E-state index in [9.17, 15) is 0 Å². The molecule has 0 unspecified atom stereocenters. The first kappa shape index (κ1) is 11.1. The number of nitrogen functional groups attached to an aromatic ring is 1. The van der Waals surface area contributed by atoms with E-state index >= 15 is 0 Å². The minimum absolute atomic E-state index is 0.394. The van der Waals surface area contributed by atoms with Crippen molar-refractivity contribution < 1.29 is 0 Å². The Labute approximate surface area is 103 Å². The molecule has 4 heteroatoms. The van der Waals surface area contributed by atoms with Crippen LogP contribution in [0.2, 0.25) is 0 Å². The van der Waals surface area contributed by atoms with Gasteiger partial charge in [0.15, 0.2) is 0 Å². The summed E-state index contributed by atoms with van der Waals surface area (Å²) in [5, 5.41) is 0. The van der Waals surface area contributed by atoms with Crippen molar-refractivity contribution in [1.82, 2.24) is 4.98 Å². The van der Waals surface area contributed by atoms with Crippen LogP contribution < -0.4 is 11.5 Å². The molecular formula is C12H12BrN3. The normalized spacial score (nSPS) is 10.4. The summed E-state index contributed by atoms with van der Waals surface area (Å²) in [5.41, 5.74) is 14.5. The molecule has 4 N–H and O–H groups in total. The summed E-state index contributed by atoms with van der Waals surface area (Å²) in [6, 6.07) is 9.97. The molecule has 82 valence electrons. The molecule has 2 rings (SSSR count). The Balaban J connectivity index is 2.55. The average molecular weight is 278 g/mol. The number of aromatic nitrogens is 1. The molecule has 0 aliphatic rings. The molecule has 0 aliphatic carbocycles. The van der Waals surface area contributed by atoms with Crippen LogP contribution in [0.4, 0.5) is 5.82 Å². The highest BCUT2D eigenvalue weighted by Crippen LogP contribution is 2.27. The van der Waals surface area contributed by atoms with E-state index in [-0.39, 0.29) is 0 Å². The molecule has 1 aromatic carbocycles. The zero-order chi connectivity index (χ0) is 11.5. The van der Waals surface area contributed by atoms with Crippen LogP contribution in [-0.4, -0.2) is 4.98 Å². The van der Waals surface area contributed by atoms with Gasteiger partial charge in [0, 0.05) is 22.8 Å². The summed E-state index contributed by atoms with van der Waals surface area (Å²) in [7, 11) is 0. The van der Waals surface area contributed by atoms with E-state index in [4.69, 9.17) is 11.5 Å². The fourth-order valence-electron chi connectivity index (χ4n) is 1.62. The van der Waals surface area contributed by atoms with Crippen LogP contribution in [0.3, 0.4) is 0 Å². The topological polar surface area (TPSA) is 64.9 Å². The predicted octanol–water partition coefficient (Wildman–Crippen LogP) is 2.55. The minimum atomic E-state index is 0.394.